The Morgan fingerprint density at radius 1 is 1.21 bits per heavy atom. The van der Waals surface area contributed by atoms with Crippen molar-refractivity contribution in [3.05, 3.63) is 0 Å². The van der Waals surface area contributed by atoms with Gasteiger partial charge in [0.05, 0.1) is 18.9 Å². The number of nitrogens with two attached hydrogens (primary N) is 1. The summed E-state index contributed by atoms with van der Waals surface area (Å²) in [7, 11) is 0. The summed E-state index contributed by atoms with van der Waals surface area (Å²) in [6.45, 7) is -0.693. The molecule has 4 atom stereocenters. The molecule has 0 aromatic carbocycles. The molecule has 0 spiro atoms. The van der Waals surface area contributed by atoms with Crippen molar-refractivity contribution in [2.24, 2.45) is 10.9 Å². The van der Waals surface area contributed by atoms with Crippen LogP contribution in [0.1, 0.15) is 0 Å². The third-order valence-electron chi connectivity index (χ3n) is 1.56. The van der Waals surface area contributed by atoms with E-state index >= 15 is 0 Å². The quantitative estimate of drug-likeness (QED) is 0.172. The van der Waals surface area contributed by atoms with Crippen LogP contribution in [0.5, 0.6) is 0 Å². The molecule has 8 heteroatoms. The molecule has 0 amide bonds. The summed E-state index contributed by atoms with van der Waals surface area (Å²) >= 11 is 0. The van der Waals surface area contributed by atoms with E-state index in [4.69, 9.17) is 26.3 Å². The lowest BCUT2D eigenvalue weighted by molar-refractivity contribution is -0.0772. The molecule has 0 aromatic rings. The van der Waals surface area contributed by atoms with Crippen molar-refractivity contribution in [3.8, 4) is 0 Å². The standard InChI is InChI=1S/C6H14N2O5.ClH/c7-3(1-8-13)5(11)6(12)4(10)2-9;/h1,3-6,9-13H,2,7H2;1H/b8-1-;/t3-,4+,5+,6+;/m0./s1. The molecule has 0 fully saturated rings. The van der Waals surface area contributed by atoms with Crippen LogP contribution in [0.4, 0.5) is 0 Å². The molecule has 0 bridgehead atoms. The molecule has 0 aliphatic carbocycles. The van der Waals surface area contributed by atoms with Gasteiger partial charge in [0, 0.05) is 0 Å². The highest BCUT2D eigenvalue weighted by Gasteiger charge is 2.28. The Hall–Kier alpha value is -0.440. The predicted molar refractivity (Wildman–Crippen MR) is 50.6 cm³/mol. The van der Waals surface area contributed by atoms with Crippen molar-refractivity contribution in [1.82, 2.24) is 0 Å². The first-order valence-corrected chi connectivity index (χ1v) is 3.62. The summed E-state index contributed by atoms with van der Waals surface area (Å²) in [5.41, 5.74) is 5.21. The van der Waals surface area contributed by atoms with Crippen LogP contribution in [-0.2, 0) is 0 Å². The van der Waals surface area contributed by atoms with Gasteiger partial charge in [0.1, 0.15) is 18.3 Å². The van der Waals surface area contributed by atoms with E-state index in [1.165, 1.54) is 0 Å². The minimum absolute atomic E-state index is 0. The number of halogens is 1. The highest BCUT2D eigenvalue weighted by Crippen LogP contribution is 2.02. The summed E-state index contributed by atoms with van der Waals surface area (Å²) in [5.74, 6) is 0. The molecule has 0 unspecified atom stereocenters. The van der Waals surface area contributed by atoms with Gasteiger partial charge in [0.15, 0.2) is 0 Å². The molecule has 0 aliphatic rings. The van der Waals surface area contributed by atoms with Crippen LogP contribution in [0.2, 0.25) is 0 Å². The van der Waals surface area contributed by atoms with E-state index in [9.17, 15) is 5.11 Å². The van der Waals surface area contributed by atoms with Crippen molar-refractivity contribution in [1.29, 1.82) is 0 Å². The summed E-state index contributed by atoms with van der Waals surface area (Å²) < 4.78 is 0. The second-order valence-electron chi connectivity index (χ2n) is 2.57. The summed E-state index contributed by atoms with van der Waals surface area (Å²) in [4.78, 5) is 0. The number of rotatable bonds is 5. The van der Waals surface area contributed by atoms with Crippen LogP contribution < -0.4 is 5.73 Å². The van der Waals surface area contributed by atoms with Gasteiger partial charge < -0.3 is 31.4 Å². The molecule has 14 heavy (non-hydrogen) atoms. The number of aliphatic hydroxyl groups excluding tert-OH is 4. The van der Waals surface area contributed by atoms with Crippen molar-refractivity contribution >= 4 is 18.6 Å². The van der Waals surface area contributed by atoms with Crippen LogP contribution in [0, 0.1) is 0 Å². The van der Waals surface area contributed by atoms with Gasteiger partial charge in [-0.15, -0.1) is 17.6 Å². The lowest BCUT2D eigenvalue weighted by atomic mass is 10.0. The fourth-order valence-electron chi connectivity index (χ4n) is 0.728. The molecular formula is C6H15ClN2O5. The molecule has 0 rings (SSSR count). The molecule has 0 saturated carbocycles. The lowest BCUT2D eigenvalue weighted by Crippen LogP contribution is -2.49. The molecule has 86 valence electrons. The van der Waals surface area contributed by atoms with Gasteiger partial charge >= 0.3 is 0 Å². The first kappa shape index (κ1) is 16.0. The van der Waals surface area contributed by atoms with E-state index in [1.807, 2.05) is 0 Å². The maximum atomic E-state index is 9.17. The lowest BCUT2D eigenvalue weighted by Gasteiger charge is -2.23. The Bertz CT molecular complexity index is 170. The number of aliphatic hydroxyl groups is 4. The van der Waals surface area contributed by atoms with E-state index in [-0.39, 0.29) is 12.4 Å². The number of hydrogen-bond donors (Lipinski definition) is 6. The normalized spacial score (nSPS) is 19.8. The number of nitrogens with zero attached hydrogens (tertiary/aromatic N) is 1. The summed E-state index contributed by atoms with van der Waals surface area (Å²) in [6.07, 6.45) is -3.76. The fourth-order valence-corrected chi connectivity index (χ4v) is 0.728. The van der Waals surface area contributed by atoms with E-state index in [1.54, 1.807) is 0 Å². The van der Waals surface area contributed by atoms with Gasteiger partial charge in [-0.2, -0.15) is 0 Å². The van der Waals surface area contributed by atoms with E-state index < -0.39 is 31.0 Å². The monoisotopic (exact) mass is 230 g/mol. The molecule has 7 nitrogen and oxygen atoms in total. The predicted octanol–water partition coefficient (Wildman–Crippen LogP) is -2.73. The third kappa shape index (κ3) is 4.70. The average Bonchev–Trinajstić information content (AvgIpc) is 2.14. The Balaban J connectivity index is 0. The van der Waals surface area contributed by atoms with E-state index in [0.29, 0.717) is 0 Å². The second-order valence-corrected chi connectivity index (χ2v) is 2.57. The maximum absolute atomic E-state index is 9.17. The van der Waals surface area contributed by atoms with Crippen LogP contribution in [0.3, 0.4) is 0 Å². The van der Waals surface area contributed by atoms with Gasteiger partial charge in [-0.05, 0) is 0 Å². The number of hydrogen-bond acceptors (Lipinski definition) is 7. The Morgan fingerprint density at radius 2 is 1.71 bits per heavy atom. The molecule has 0 aromatic heterocycles. The zero-order valence-electron chi connectivity index (χ0n) is 7.26. The topological polar surface area (TPSA) is 140 Å². The van der Waals surface area contributed by atoms with Crippen molar-refractivity contribution < 1.29 is 25.6 Å². The van der Waals surface area contributed by atoms with Crippen LogP contribution in [-0.4, -0.2) is 62.8 Å². The molecule has 0 heterocycles. The van der Waals surface area contributed by atoms with Gasteiger partial charge in [0.2, 0.25) is 0 Å². The van der Waals surface area contributed by atoms with E-state index in [0.717, 1.165) is 6.21 Å². The second kappa shape index (κ2) is 7.92. The molecule has 0 saturated heterocycles. The van der Waals surface area contributed by atoms with E-state index in [2.05, 4.69) is 5.16 Å². The Labute approximate surface area is 86.9 Å². The van der Waals surface area contributed by atoms with Gasteiger partial charge in [-0.3, -0.25) is 0 Å². The van der Waals surface area contributed by atoms with Gasteiger partial charge in [-0.1, -0.05) is 0 Å². The minimum Gasteiger partial charge on any atom is -0.411 e. The average molecular weight is 231 g/mol. The molecular weight excluding hydrogens is 216 g/mol. The van der Waals surface area contributed by atoms with Crippen molar-refractivity contribution in [2.45, 2.75) is 24.4 Å². The zero-order chi connectivity index (χ0) is 10.4. The van der Waals surface area contributed by atoms with Crippen LogP contribution in [0.25, 0.3) is 0 Å². The minimum atomic E-state index is -1.59. The Morgan fingerprint density at radius 3 is 2.07 bits per heavy atom. The maximum Gasteiger partial charge on any atom is 0.110 e. The van der Waals surface area contributed by atoms with Crippen LogP contribution >= 0.6 is 12.4 Å². The van der Waals surface area contributed by atoms with Gasteiger partial charge in [0.25, 0.3) is 0 Å². The zero-order valence-corrected chi connectivity index (χ0v) is 8.08. The number of oxime groups is 1. The van der Waals surface area contributed by atoms with Crippen LogP contribution in [0.15, 0.2) is 5.16 Å². The smallest absolute Gasteiger partial charge is 0.110 e. The third-order valence-corrected chi connectivity index (χ3v) is 1.56. The molecule has 0 radical (unpaired) electrons. The largest absolute Gasteiger partial charge is 0.411 e. The summed E-state index contributed by atoms with van der Waals surface area (Å²) in [6, 6.07) is -1.11. The molecule has 0 aliphatic heterocycles. The first-order chi connectivity index (χ1) is 6.04. The molecule has 7 N–H and O–H groups in total. The summed E-state index contributed by atoms with van der Waals surface area (Å²) in [5, 5.41) is 46.2. The van der Waals surface area contributed by atoms with Gasteiger partial charge in [-0.25, -0.2) is 0 Å². The highest BCUT2D eigenvalue weighted by atomic mass is 35.5. The Kier molecular flexibility index (Phi) is 9.05. The first-order valence-electron chi connectivity index (χ1n) is 3.62. The van der Waals surface area contributed by atoms with Crippen molar-refractivity contribution in [2.75, 3.05) is 6.61 Å². The fraction of sp³-hybridized carbons (Fsp3) is 0.833. The highest BCUT2D eigenvalue weighted by molar-refractivity contribution is 5.85. The SMILES string of the molecule is Cl.N[C@@H](/C=N\O)[C@@H](O)[C@H](O)[C@H](O)CO. The van der Waals surface area contributed by atoms with Crippen molar-refractivity contribution in [3.63, 3.8) is 0 Å².